The number of aromatic nitrogens is 1. The Morgan fingerprint density at radius 1 is 1.33 bits per heavy atom. The zero-order valence-corrected chi connectivity index (χ0v) is 14.4. The lowest BCUT2D eigenvalue weighted by molar-refractivity contribution is -0.119. The average Bonchev–Trinajstić information content (AvgIpc) is 2.56. The zero-order valence-electron chi connectivity index (χ0n) is 12.9. The molecule has 126 valence electrons. The summed E-state index contributed by atoms with van der Waals surface area (Å²) < 4.78 is 5.40. The van der Waals surface area contributed by atoms with E-state index in [-0.39, 0.29) is 12.5 Å². The van der Waals surface area contributed by atoms with Crippen molar-refractivity contribution in [2.75, 3.05) is 18.5 Å². The minimum atomic E-state index is -0.311. The number of hydrazone groups is 1. The highest BCUT2D eigenvalue weighted by molar-refractivity contribution is 6.38. The first kappa shape index (κ1) is 18.0. The summed E-state index contributed by atoms with van der Waals surface area (Å²) in [5.74, 6) is 0.428. The molecule has 8 heteroatoms. The number of carbonyl (C=O) groups excluding carboxylic acids is 1. The van der Waals surface area contributed by atoms with E-state index in [1.807, 2.05) is 31.2 Å². The maximum Gasteiger partial charge on any atom is 0.259 e. The lowest BCUT2D eigenvalue weighted by atomic mass is 10.3. The largest absolute Gasteiger partial charge is 0.494 e. The van der Waals surface area contributed by atoms with Crippen LogP contribution in [0.5, 0.6) is 5.75 Å². The minimum Gasteiger partial charge on any atom is -0.494 e. The number of pyridine rings is 1. The van der Waals surface area contributed by atoms with Crippen molar-refractivity contribution in [2.45, 2.75) is 6.92 Å². The van der Waals surface area contributed by atoms with E-state index in [4.69, 9.17) is 27.9 Å². The molecule has 0 saturated heterocycles. The molecule has 0 unspecified atom stereocenters. The molecule has 0 atom stereocenters. The van der Waals surface area contributed by atoms with Crippen LogP contribution >= 0.6 is 23.2 Å². The van der Waals surface area contributed by atoms with Crippen LogP contribution in [-0.2, 0) is 4.79 Å². The number of ether oxygens (including phenoxy) is 1. The van der Waals surface area contributed by atoms with Crippen LogP contribution in [0.25, 0.3) is 0 Å². The number of hydrogen-bond acceptors (Lipinski definition) is 5. The second kappa shape index (κ2) is 9.10. The molecule has 0 radical (unpaired) electrons. The summed E-state index contributed by atoms with van der Waals surface area (Å²) in [6.07, 6.45) is 4.27. The van der Waals surface area contributed by atoms with Crippen molar-refractivity contribution in [1.29, 1.82) is 0 Å². The first-order valence-electron chi connectivity index (χ1n) is 7.17. The van der Waals surface area contributed by atoms with Gasteiger partial charge in [0.2, 0.25) is 0 Å². The average molecular weight is 367 g/mol. The Morgan fingerprint density at radius 3 is 2.79 bits per heavy atom. The van der Waals surface area contributed by atoms with Gasteiger partial charge in [0.15, 0.2) is 0 Å². The first-order valence-corrected chi connectivity index (χ1v) is 7.93. The molecule has 0 fully saturated rings. The van der Waals surface area contributed by atoms with Gasteiger partial charge in [-0.05, 0) is 19.1 Å². The Labute approximate surface area is 149 Å². The molecule has 1 aromatic heterocycles. The predicted molar refractivity (Wildman–Crippen MR) is 96.1 cm³/mol. The van der Waals surface area contributed by atoms with Gasteiger partial charge >= 0.3 is 0 Å². The van der Waals surface area contributed by atoms with Crippen molar-refractivity contribution in [3.8, 4) is 5.75 Å². The Bertz CT molecular complexity index is 718. The van der Waals surface area contributed by atoms with E-state index in [9.17, 15) is 4.79 Å². The fourth-order valence-electron chi connectivity index (χ4n) is 1.80. The predicted octanol–water partition coefficient (Wildman–Crippen LogP) is 3.35. The van der Waals surface area contributed by atoms with E-state index >= 15 is 0 Å². The van der Waals surface area contributed by atoms with Gasteiger partial charge in [-0.1, -0.05) is 29.3 Å². The van der Waals surface area contributed by atoms with Crippen LogP contribution in [0, 0.1) is 0 Å². The summed E-state index contributed by atoms with van der Waals surface area (Å²) in [6.45, 7) is 2.55. The molecule has 2 N–H and O–H groups in total. The monoisotopic (exact) mass is 366 g/mol. The minimum absolute atomic E-state index is 0.0602. The van der Waals surface area contributed by atoms with E-state index in [0.717, 1.165) is 11.4 Å². The molecular formula is C16H16Cl2N4O2. The van der Waals surface area contributed by atoms with E-state index in [1.165, 1.54) is 18.6 Å². The van der Waals surface area contributed by atoms with Crippen LogP contribution in [0.1, 0.15) is 12.5 Å². The summed E-state index contributed by atoms with van der Waals surface area (Å²) in [5.41, 5.74) is 3.66. The van der Waals surface area contributed by atoms with Crippen molar-refractivity contribution in [3.63, 3.8) is 0 Å². The third-order valence-corrected chi connectivity index (χ3v) is 3.47. The standard InChI is InChI=1S/C16H16Cl2N4O2/c1-2-24-12-5-3-4-11(6-12)20-10-16(23)22-21-7-13-14(17)8-19-9-15(13)18/h3-9,20H,2,10H2,1H3,(H,22,23)/b21-7+. The maximum absolute atomic E-state index is 11.8. The number of benzene rings is 1. The normalized spacial score (nSPS) is 10.6. The fourth-order valence-corrected chi connectivity index (χ4v) is 2.26. The van der Waals surface area contributed by atoms with Crippen LogP contribution in [0.2, 0.25) is 10.0 Å². The zero-order chi connectivity index (χ0) is 17.4. The first-order chi connectivity index (χ1) is 11.6. The number of anilines is 1. The maximum atomic E-state index is 11.8. The Morgan fingerprint density at radius 2 is 2.08 bits per heavy atom. The SMILES string of the molecule is CCOc1cccc(NCC(=O)N/N=C/c2c(Cl)cncc2Cl)c1. The van der Waals surface area contributed by atoms with Gasteiger partial charge in [0.05, 0.1) is 29.4 Å². The quantitative estimate of drug-likeness (QED) is 0.581. The van der Waals surface area contributed by atoms with E-state index in [0.29, 0.717) is 22.2 Å². The van der Waals surface area contributed by atoms with Gasteiger partial charge in [-0.25, -0.2) is 5.43 Å². The summed E-state index contributed by atoms with van der Waals surface area (Å²) >= 11 is 11.9. The van der Waals surface area contributed by atoms with Crippen LogP contribution in [0.3, 0.4) is 0 Å². The molecule has 0 bridgehead atoms. The van der Waals surface area contributed by atoms with Crippen molar-refractivity contribution in [3.05, 3.63) is 52.3 Å². The Hall–Kier alpha value is -2.31. The van der Waals surface area contributed by atoms with Crippen molar-refractivity contribution < 1.29 is 9.53 Å². The van der Waals surface area contributed by atoms with Crippen LogP contribution in [-0.4, -0.2) is 30.3 Å². The number of nitrogens with zero attached hydrogens (tertiary/aromatic N) is 2. The number of nitrogens with one attached hydrogen (secondary N) is 2. The molecule has 0 aliphatic carbocycles. The van der Waals surface area contributed by atoms with Gasteiger partial charge in [-0.15, -0.1) is 0 Å². The van der Waals surface area contributed by atoms with Gasteiger partial charge in [0.25, 0.3) is 5.91 Å². The van der Waals surface area contributed by atoms with Gasteiger partial charge in [-0.3, -0.25) is 9.78 Å². The van der Waals surface area contributed by atoms with Crippen molar-refractivity contribution in [1.82, 2.24) is 10.4 Å². The highest BCUT2D eigenvalue weighted by atomic mass is 35.5. The number of amides is 1. The fraction of sp³-hybridized carbons (Fsp3) is 0.188. The molecule has 2 rings (SSSR count). The third kappa shape index (κ3) is 5.40. The molecular weight excluding hydrogens is 351 g/mol. The van der Waals surface area contributed by atoms with Crippen LogP contribution in [0.4, 0.5) is 5.69 Å². The molecule has 0 saturated carbocycles. The van der Waals surface area contributed by atoms with E-state index in [2.05, 4.69) is 20.8 Å². The number of carbonyl (C=O) groups is 1. The van der Waals surface area contributed by atoms with E-state index < -0.39 is 0 Å². The molecule has 6 nitrogen and oxygen atoms in total. The number of rotatable bonds is 7. The lowest BCUT2D eigenvalue weighted by Gasteiger charge is -2.08. The highest BCUT2D eigenvalue weighted by Gasteiger charge is 2.04. The molecule has 1 aromatic carbocycles. The smallest absolute Gasteiger partial charge is 0.259 e. The van der Waals surface area contributed by atoms with Crippen molar-refractivity contribution >= 4 is 41.0 Å². The lowest BCUT2D eigenvalue weighted by Crippen LogP contribution is -2.25. The molecule has 2 aromatic rings. The van der Waals surface area contributed by atoms with Crippen molar-refractivity contribution in [2.24, 2.45) is 5.10 Å². The highest BCUT2D eigenvalue weighted by Crippen LogP contribution is 2.20. The van der Waals surface area contributed by atoms with Gasteiger partial charge in [0.1, 0.15) is 5.75 Å². The number of hydrogen-bond donors (Lipinski definition) is 2. The summed E-state index contributed by atoms with van der Waals surface area (Å²) in [4.78, 5) is 15.6. The molecule has 1 heterocycles. The van der Waals surface area contributed by atoms with Gasteiger partial charge < -0.3 is 10.1 Å². The molecule has 0 spiro atoms. The Balaban J connectivity index is 1.85. The molecule has 0 aliphatic heterocycles. The molecule has 0 aliphatic rings. The third-order valence-electron chi connectivity index (χ3n) is 2.87. The number of halogens is 2. The Kier molecular flexibility index (Phi) is 6.84. The summed E-state index contributed by atoms with van der Waals surface area (Å²) in [7, 11) is 0. The summed E-state index contributed by atoms with van der Waals surface area (Å²) in [6, 6.07) is 7.35. The van der Waals surface area contributed by atoms with Gasteiger partial charge in [0, 0.05) is 29.7 Å². The second-order valence-electron chi connectivity index (χ2n) is 4.62. The molecule has 24 heavy (non-hydrogen) atoms. The van der Waals surface area contributed by atoms with E-state index in [1.54, 1.807) is 0 Å². The van der Waals surface area contributed by atoms with Crippen LogP contribution in [0.15, 0.2) is 41.8 Å². The topological polar surface area (TPSA) is 75.6 Å². The molecule has 1 amide bonds. The second-order valence-corrected chi connectivity index (χ2v) is 5.44. The summed E-state index contributed by atoms with van der Waals surface area (Å²) in [5, 5.41) is 7.53. The van der Waals surface area contributed by atoms with Crippen LogP contribution < -0.4 is 15.5 Å². The van der Waals surface area contributed by atoms with Gasteiger partial charge in [-0.2, -0.15) is 5.10 Å².